The van der Waals surface area contributed by atoms with E-state index in [0.29, 0.717) is 0 Å². The van der Waals surface area contributed by atoms with Crippen LogP contribution in [0.3, 0.4) is 0 Å². The van der Waals surface area contributed by atoms with Crippen LogP contribution in [0.5, 0.6) is 0 Å². The molecule has 0 aromatic carbocycles. The summed E-state index contributed by atoms with van der Waals surface area (Å²) in [5.41, 5.74) is 0. The van der Waals surface area contributed by atoms with Gasteiger partial charge in [0.15, 0.2) is 0 Å². The maximum atomic E-state index is 0. The van der Waals surface area contributed by atoms with Crippen LogP contribution in [0.2, 0.25) is 0 Å². The third kappa shape index (κ3) is 27.3. The van der Waals surface area contributed by atoms with Crippen molar-refractivity contribution in [3.63, 3.8) is 0 Å². The summed E-state index contributed by atoms with van der Waals surface area (Å²) < 4.78 is 0. The summed E-state index contributed by atoms with van der Waals surface area (Å²) in [7, 11) is 0. The molecular formula is Cu5Ge. The Kier molecular flexibility index (Phi) is 431. The normalized spacial score (nSPS) is 0. The van der Waals surface area contributed by atoms with Crippen LogP contribution in [0.4, 0.5) is 0 Å². The van der Waals surface area contributed by atoms with Crippen molar-refractivity contribution in [2.75, 3.05) is 0 Å². The zero-order chi connectivity index (χ0) is 0. The molecule has 0 rings (SSSR count). The van der Waals surface area contributed by atoms with Crippen molar-refractivity contribution >= 4 is 17.6 Å². The van der Waals surface area contributed by atoms with Crippen LogP contribution in [-0.2, 0) is 85.3 Å². The van der Waals surface area contributed by atoms with E-state index < -0.39 is 0 Å². The summed E-state index contributed by atoms with van der Waals surface area (Å²) in [5, 5.41) is 0. The molecule has 0 bridgehead atoms. The first-order valence-electron chi connectivity index (χ1n) is 0. The fraction of sp³-hybridized carbons (Fsp3) is 0. The molecule has 0 saturated carbocycles. The topological polar surface area (TPSA) is 0 Å². The molecule has 0 aliphatic heterocycles. The van der Waals surface area contributed by atoms with Gasteiger partial charge >= 0.3 is 0 Å². The molecule has 0 aliphatic carbocycles. The van der Waals surface area contributed by atoms with Gasteiger partial charge in [-0.2, -0.15) is 0 Å². The zero-order valence-electron chi connectivity index (χ0n) is 2.01. The minimum absolute atomic E-state index is 0. The Labute approximate surface area is 101 Å². The SMILES string of the molecule is [Cu].[Cu].[Cu].[Cu].[Cu].[Ge]. The largest absolute Gasteiger partial charge is 0 e. The third-order valence-corrected chi connectivity index (χ3v) is 0. The molecule has 6 heteroatoms. The van der Waals surface area contributed by atoms with Gasteiger partial charge in [0.25, 0.3) is 0 Å². The third-order valence-electron chi connectivity index (χ3n) is 0. The van der Waals surface area contributed by atoms with Crippen molar-refractivity contribution in [1.82, 2.24) is 0 Å². The van der Waals surface area contributed by atoms with Crippen LogP contribution >= 0.6 is 0 Å². The first kappa shape index (κ1) is 61.4. The molecule has 9 radical (unpaired) electrons. The summed E-state index contributed by atoms with van der Waals surface area (Å²) in [6, 6.07) is 0. The summed E-state index contributed by atoms with van der Waals surface area (Å²) in [5.74, 6) is 0. The molecule has 0 unspecified atom stereocenters. The average Bonchev–Trinajstić information content (AvgIpc) is 0. The molecule has 0 amide bonds. The molecule has 0 N–H and O–H groups in total. The molecule has 0 heterocycles. The molecule has 0 aliphatic rings. The van der Waals surface area contributed by atoms with Crippen molar-refractivity contribution in [3.05, 3.63) is 0 Å². The quantitative estimate of drug-likeness (QED) is 0.495. The van der Waals surface area contributed by atoms with E-state index in [0.717, 1.165) is 0 Å². The molecule has 0 nitrogen and oxygen atoms in total. The molecule has 0 spiro atoms. The minimum atomic E-state index is 0. The van der Waals surface area contributed by atoms with E-state index in [-0.39, 0.29) is 103 Å². The monoisotopic (exact) mass is 389 g/mol. The van der Waals surface area contributed by atoms with E-state index in [2.05, 4.69) is 0 Å². The summed E-state index contributed by atoms with van der Waals surface area (Å²) >= 11 is 0. The predicted molar refractivity (Wildman–Crippen MR) is 5.75 cm³/mol. The molecule has 0 aromatic heterocycles. The Bertz CT molecular complexity index is 3.90. The second-order valence-corrected chi connectivity index (χ2v) is 0. The van der Waals surface area contributed by atoms with Crippen molar-refractivity contribution in [2.24, 2.45) is 0 Å². The smallest absolute Gasteiger partial charge is 0 e. The van der Waals surface area contributed by atoms with Crippen molar-refractivity contribution in [3.8, 4) is 0 Å². The second-order valence-electron chi connectivity index (χ2n) is 0. The van der Waals surface area contributed by atoms with Gasteiger partial charge in [-0.15, -0.1) is 0 Å². The van der Waals surface area contributed by atoms with Crippen molar-refractivity contribution in [1.29, 1.82) is 0 Å². The Morgan fingerprint density at radius 1 is 0.333 bits per heavy atom. The van der Waals surface area contributed by atoms with E-state index in [1.807, 2.05) is 0 Å². The molecule has 59 valence electrons. The van der Waals surface area contributed by atoms with E-state index in [9.17, 15) is 0 Å². The van der Waals surface area contributed by atoms with E-state index in [4.69, 9.17) is 0 Å². The molecule has 0 aromatic rings. The van der Waals surface area contributed by atoms with Crippen molar-refractivity contribution < 1.29 is 85.3 Å². The Morgan fingerprint density at radius 2 is 0.333 bits per heavy atom. The number of hydrogen-bond acceptors (Lipinski definition) is 0. The maximum Gasteiger partial charge on any atom is 0 e. The van der Waals surface area contributed by atoms with E-state index in [1.165, 1.54) is 0 Å². The predicted octanol–water partition coefficient (Wildman–Crippen LogP) is -0.393. The summed E-state index contributed by atoms with van der Waals surface area (Å²) in [6.07, 6.45) is 0. The minimum Gasteiger partial charge on any atom is 0 e. The van der Waals surface area contributed by atoms with Crippen LogP contribution in [0, 0.1) is 0 Å². The van der Waals surface area contributed by atoms with E-state index in [1.54, 1.807) is 0 Å². The van der Waals surface area contributed by atoms with Gasteiger partial charge in [0.1, 0.15) is 0 Å². The molecular weight excluding hydrogens is 390 g/mol. The molecule has 6 heavy (non-hydrogen) atoms. The summed E-state index contributed by atoms with van der Waals surface area (Å²) in [4.78, 5) is 0. The fourth-order valence-corrected chi connectivity index (χ4v) is 0. The molecule has 0 atom stereocenters. The number of hydrogen-bond donors (Lipinski definition) is 0. The average molecular weight is 390 g/mol. The first-order chi connectivity index (χ1) is 0. The van der Waals surface area contributed by atoms with Gasteiger partial charge < -0.3 is 0 Å². The molecule has 0 saturated heterocycles. The van der Waals surface area contributed by atoms with Crippen LogP contribution in [0.1, 0.15) is 0 Å². The van der Waals surface area contributed by atoms with Crippen LogP contribution < -0.4 is 0 Å². The first-order valence-corrected chi connectivity index (χ1v) is 0. The Balaban J connectivity index is 0. The Hall–Kier alpha value is 3.14. The van der Waals surface area contributed by atoms with Crippen LogP contribution in [0.15, 0.2) is 0 Å². The zero-order valence-corrected chi connectivity index (χ0v) is 8.81. The van der Waals surface area contributed by atoms with Gasteiger partial charge in [0, 0.05) is 103 Å². The van der Waals surface area contributed by atoms with Gasteiger partial charge in [0.2, 0.25) is 0 Å². The van der Waals surface area contributed by atoms with E-state index >= 15 is 0 Å². The number of rotatable bonds is 0. The summed E-state index contributed by atoms with van der Waals surface area (Å²) in [6.45, 7) is 0. The van der Waals surface area contributed by atoms with Gasteiger partial charge in [-0.3, -0.25) is 0 Å². The van der Waals surface area contributed by atoms with Gasteiger partial charge in [0.05, 0.1) is 0 Å². The van der Waals surface area contributed by atoms with Crippen molar-refractivity contribution in [2.45, 2.75) is 0 Å². The van der Waals surface area contributed by atoms with Gasteiger partial charge in [-0.05, 0) is 0 Å². The van der Waals surface area contributed by atoms with Gasteiger partial charge in [-0.25, -0.2) is 0 Å². The van der Waals surface area contributed by atoms with Crippen LogP contribution in [-0.4, -0.2) is 17.6 Å². The molecule has 0 fully saturated rings. The maximum absolute atomic E-state index is 0. The second kappa shape index (κ2) is 42.1. The fourth-order valence-electron chi connectivity index (χ4n) is 0. The van der Waals surface area contributed by atoms with Crippen LogP contribution in [0.25, 0.3) is 0 Å². The standard InChI is InChI=1S/5Cu.Ge. The Morgan fingerprint density at radius 3 is 0.333 bits per heavy atom. The van der Waals surface area contributed by atoms with Gasteiger partial charge in [-0.1, -0.05) is 0 Å².